The summed E-state index contributed by atoms with van der Waals surface area (Å²) >= 11 is 5.82. The lowest BCUT2D eigenvalue weighted by Crippen LogP contribution is -2.11. The zero-order valence-corrected chi connectivity index (χ0v) is 17.0. The molecule has 150 valence electrons. The number of carbonyl (C=O) groups excluding carboxylic acids is 2. The second kappa shape index (κ2) is 12.2. The quantitative estimate of drug-likeness (QED) is 0.245. The van der Waals surface area contributed by atoms with Crippen molar-refractivity contribution in [2.75, 3.05) is 6.61 Å². The Morgan fingerprint density at radius 1 is 0.821 bits per heavy atom. The van der Waals surface area contributed by atoms with E-state index >= 15 is 0 Å². The SMILES string of the molecule is CCCCCCCCCOC(=O)c1cccc(C(=O)Oc2ccc(Cl)cc2)c1. The summed E-state index contributed by atoms with van der Waals surface area (Å²) in [6.45, 7) is 2.60. The monoisotopic (exact) mass is 402 g/mol. The Morgan fingerprint density at radius 3 is 2.11 bits per heavy atom. The molecule has 0 saturated carbocycles. The Hall–Kier alpha value is -2.33. The van der Waals surface area contributed by atoms with Crippen molar-refractivity contribution in [1.82, 2.24) is 0 Å². The third-order valence-corrected chi connectivity index (χ3v) is 4.59. The van der Waals surface area contributed by atoms with Crippen LogP contribution in [0.4, 0.5) is 0 Å². The number of ether oxygens (including phenoxy) is 2. The van der Waals surface area contributed by atoms with E-state index < -0.39 is 11.9 Å². The van der Waals surface area contributed by atoms with Gasteiger partial charge < -0.3 is 9.47 Å². The highest BCUT2D eigenvalue weighted by Crippen LogP contribution is 2.17. The van der Waals surface area contributed by atoms with Crippen LogP contribution in [0, 0.1) is 0 Å². The van der Waals surface area contributed by atoms with E-state index in [-0.39, 0.29) is 0 Å². The number of hydrogen-bond acceptors (Lipinski definition) is 4. The molecular weight excluding hydrogens is 376 g/mol. The predicted octanol–water partition coefficient (Wildman–Crippen LogP) is 6.47. The van der Waals surface area contributed by atoms with Gasteiger partial charge in [-0.25, -0.2) is 9.59 Å². The minimum Gasteiger partial charge on any atom is -0.462 e. The molecular formula is C23H27ClO4. The maximum Gasteiger partial charge on any atom is 0.343 e. The molecule has 0 bridgehead atoms. The van der Waals surface area contributed by atoms with Gasteiger partial charge in [-0.15, -0.1) is 0 Å². The largest absolute Gasteiger partial charge is 0.462 e. The predicted molar refractivity (Wildman–Crippen MR) is 111 cm³/mol. The molecule has 0 amide bonds. The Labute approximate surface area is 171 Å². The van der Waals surface area contributed by atoms with Crippen molar-refractivity contribution >= 4 is 23.5 Å². The molecule has 2 aromatic rings. The fourth-order valence-electron chi connectivity index (χ4n) is 2.75. The average molecular weight is 403 g/mol. The van der Waals surface area contributed by atoms with Gasteiger partial charge in [0.15, 0.2) is 0 Å². The summed E-state index contributed by atoms with van der Waals surface area (Å²) in [7, 11) is 0. The summed E-state index contributed by atoms with van der Waals surface area (Å²) in [5.74, 6) is -0.572. The molecule has 28 heavy (non-hydrogen) atoms. The van der Waals surface area contributed by atoms with E-state index in [0.29, 0.717) is 28.5 Å². The summed E-state index contributed by atoms with van der Waals surface area (Å²) in [5, 5.41) is 0.561. The maximum atomic E-state index is 12.3. The number of esters is 2. The molecule has 0 spiro atoms. The van der Waals surface area contributed by atoms with E-state index in [1.54, 1.807) is 42.5 Å². The second-order valence-electron chi connectivity index (χ2n) is 6.68. The molecule has 0 saturated heterocycles. The molecule has 0 aliphatic rings. The Morgan fingerprint density at radius 2 is 1.43 bits per heavy atom. The Kier molecular flexibility index (Phi) is 9.56. The lowest BCUT2D eigenvalue weighted by atomic mass is 10.1. The fourth-order valence-corrected chi connectivity index (χ4v) is 2.88. The highest BCUT2D eigenvalue weighted by atomic mass is 35.5. The number of benzene rings is 2. The molecule has 0 fully saturated rings. The number of rotatable bonds is 11. The van der Waals surface area contributed by atoms with Crippen LogP contribution < -0.4 is 4.74 Å². The van der Waals surface area contributed by atoms with Gasteiger partial charge in [-0.3, -0.25) is 0 Å². The summed E-state index contributed by atoms with van der Waals surface area (Å²) in [6.07, 6.45) is 8.12. The van der Waals surface area contributed by atoms with Gasteiger partial charge in [0.25, 0.3) is 0 Å². The topological polar surface area (TPSA) is 52.6 Å². The number of hydrogen-bond donors (Lipinski definition) is 0. The zero-order valence-electron chi connectivity index (χ0n) is 16.3. The molecule has 0 aromatic heterocycles. The molecule has 0 unspecified atom stereocenters. The van der Waals surface area contributed by atoms with Crippen LogP contribution >= 0.6 is 11.6 Å². The van der Waals surface area contributed by atoms with Gasteiger partial charge in [0.05, 0.1) is 17.7 Å². The van der Waals surface area contributed by atoms with Gasteiger partial charge in [0.1, 0.15) is 5.75 Å². The Balaban J connectivity index is 1.78. The van der Waals surface area contributed by atoms with Crippen LogP contribution in [0.15, 0.2) is 48.5 Å². The van der Waals surface area contributed by atoms with Crippen molar-refractivity contribution in [1.29, 1.82) is 0 Å². The molecule has 5 heteroatoms. The van der Waals surface area contributed by atoms with Crippen LogP contribution in [0.5, 0.6) is 5.75 Å². The van der Waals surface area contributed by atoms with Crippen molar-refractivity contribution in [2.45, 2.75) is 51.9 Å². The Bertz CT molecular complexity index is 755. The molecule has 0 radical (unpaired) electrons. The van der Waals surface area contributed by atoms with Crippen LogP contribution in [0.3, 0.4) is 0 Å². The summed E-state index contributed by atoms with van der Waals surface area (Å²) in [6, 6.07) is 12.9. The zero-order chi connectivity index (χ0) is 20.2. The minimum atomic E-state index is -0.538. The molecule has 0 heterocycles. The first-order chi connectivity index (χ1) is 13.6. The second-order valence-corrected chi connectivity index (χ2v) is 7.12. The third-order valence-electron chi connectivity index (χ3n) is 4.34. The number of unbranched alkanes of at least 4 members (excludes halogenated alkanes) is 6. The first-order valence-corrected chi connectivity index (χ1v) is 10.2. The van der Waals surface area contributed by atoms with E-state index in [0.717, 1.165) is 12.8 Å². The van der Waals surface area contributed by atoms with Crippen molar-refractivity contribution in [2.24, 2.45) is 0 Å². The van der Waals surface area contributed by atoms with Gasteiger partial charge in [-0.2, -0.15) is 0 Å². The van der Waals surface area contributed by atoms with Gasteiger partial charge in [-0.1, -0.05) is 63.1 Å². The molecule has 0 N–H and O–H groups in total. The summed E-state index contributed by atoms with van der Waals surface area (Å²) in [4.78, 5) is 24.5. The summed E-state index contributed by atoms with van der Waals surface area (Å²) < 4.78 is 10.6. The minimum absolute atomic E-state index is 0.292. The van der Waals surface area contributed by atoms with E-state index in [1.165, 1.54) is 38.2 Å². The van der Waals surface area contributed by atoms with Crippen LogP contribution in [0.1, 0.15) is 72.6 Å². The van der Waals surface area contributed by atoms with E-state index in [4.69, 9.17) is 21.1 Å². The highest BCUT2D eigenvalue weighted by molar-refractivity contribution is 6.30. The van der Waals surface area contributed by atoms with Crippen LogP contribution in [0.2, 0.25) is 5.02 Å². The number of carbonyl (C=O) groups is 2. The first-order valence-electron chi connectivity index (χ1n) is 9.85. The van der Waals surface area contributed by atoms with E-state index in [1.807, 2.05) is 0 Å². The molecule has 2 aromatic carbocycles. The summed E-state index contributed by atoms with van der Waals surface area (Å²) in [5.41, 5.74) is 0.633. The lowest BCUT2D eigenvalue weighted by Gasteiger charge is -2.07. The van der Waals surface area contributed by atoms with E-state index in [9.17, 15) is 9.59 Å². The van der Waals surface area contributed by atoms with Gasteiger partial charge in [0, 0.05) is 5.02 Å². The van der Waals surface area contributed by atoms with Crippen molar-refractivity contribution in [3.05, 3.63) is 64.7 Å². The highest BCUT2D eigenvalue weighted by Gasteiger charge is 2.13. The van der Waals surface area contributed by atoms with Crippen LogP contribution in [-0.2, 0) is 4.74 Å². The lowest BCUT2D eigenvalue weighted by molar-refractivity contribution is 0.0497. The van der Waals surface area contributed by atoms with Crippen molar-refractivity contribution in [3.8, 4) is 5.75 Å². The van der Waals surface area contributed by atoms with Gasteiger partial charge in [0.2, 0.25) is 0 Å². The first kappa shape index (κ1) is 22.0. The molecule has 0 atom stereocenters. The van der Waals surface area contributed by atoms with Gasteiger partial charge >= 0.3 is 11.9 Å². The normalized spacial score (nSPS) is 10.5. The van der Waals surface area contributed by atoms with Crippen molar-refractivity contribution < 1.29 is 19.1 Å². The van der Waals surface area contributed by atoms with Crippen LogP contribution in [-0.4, -0.2) is 18.5 Å². The molecule has 0 aliphatic heterocycles. The van der Waals surface area contributed by atoms with E-state index in [2.05, 4.69) is 6.92 Å². The molecule has 0 aliphatic carbocycles. The molecule has 2 rings (SSSR count). The molecule has 4 nitrogen and oxygen atoms in total. The van der Waals surface area contributed by atoms with Crippen LogP contribution in [0.25, 0.3) is 0 Å². The smallest absolute Gasteiger partial charge is 0.343 e. The standard InChI is InChI=1S/C23H27ClO4/c1-2-3-4-5-6-7-8-16-27-22(25)18-10-9-11-19(17-18)23(26)28-21-14-12-20(24)13-15-21/h9-15,17H,2-8,16H2,1H3. The van der Waals surface area contributed by atoms with Gasteiger partial charge in [-0.05, 0) is 48.9 Å². The maximum absolute atomic E-state index is 12.3. The third kappa shape index (κ3) is 7.73. The number of halogens is 1. The fraction of sp³-hybridized carbons (Fsp3) is 0.391. The van der Waals surface area contributed by atoms with Crippen molar-refractivity contribution in [3.63, 3.8) is 0 Å². The average Bonchev–Trinajstić information content (AvgIpc) is 2.71.